The molecule has 0 fully saturated rings. The topological polar surface area (TPSA) is 72.5 Å². The number of methoxy groups -OCH3 is 1. The van der Waals surface area contributed by atoms with Gasteiger partial charge >= 0.3 is 5.97 Å². The van der Waals surface area contributed by atoms with Crippen molar-refractivity contribution in [1.29, 1.82) is 0 Å². The molecule has 0 bridgehead atoms. The molecule has 2 atom stereocenters. The van der Waals surface area contributed by atoms with Crippen molar-refractivity contribution in [1.82, 2.24) is 0 Å². The molecule has 5 heteroatoms. The van der Waals surface area contributed by atoms with Gasteiger partial charge in [-0.3, -0.25) is 4.79 Å². The van der Waals surface area contributed by atoms with Gasteiger partial charge in [-0.05, 0) is 20.3 Å². The van der Waals surface area contributed by atoms with Crippen LogP contribution in [-0.4, -0.2) is 40.8 Å². The molecule has 15 heavy (non-hydrogen) atoms. The lowest BCUT2D eigenvalue weighted by Crippen LogP contribution is -2.47. The molecule has 4 nitrogen and oxygen atoms in total. The molecular weight excluding hydrogens is 214 g/mol. The molecule has 0 aliphatic carbocycles. The van der Waals surface area contributed by atoms with Crippen LogP contribution in [-0.2, 0) is 9.53 Å². The van der Waals surface area contributed by atoms with Crippen LogP contribution < -0.4 is 5.73 Å². The Hall–Kier alpha value is -0.260. The number of ether oxygens (including phenoxy) is 1. The van der Waals surface area contributed by atoms with E-state index in [0.717, 1.165) is 6.42 Å². The summed E-state index contributed by atoms with van der Waals surface area (Å²) in [5.74, 6) is -0.952. The number of nitrogens with two attached hydrogens (primary N) is 1. The Morgan fingerprint density at radius 2 is 2.13 bits per heavy atom. The van der Waals surface area contributed by atoms with Crippen molar-refractivity contribution in [3.8, 4) is 0 Å². The zero-order chi connectivity index (χ0) is 12.1. The molecular formula is C10H21NO3S. The molecule has 0 rings (SSSR count). The number of hydrogen-bond donors (Lipinski definition) is 2. The van der Waals surface area contributed by atoms with Crippen molar-refractivity contribution >= 4 is 17.7 Å². The average molecular weight is 235 g/mol. The second-order valence-corrected chi connectivity index (χ2v) is 6.22. The minimum Gasteiger partial charge on any atom is -0.480 e. The van der Waals surface area contributed by atoms with Crippen molar-refractivity contribution in [3.63, 3.8) is 0 Å². The molecule has 0 aromatic rings. The van der Waals surface area contributed by atoms with Crippen LogP contribution in [0.15, 0.2) is 0 Å². The largest absolute Gasteiger partial charge is 0.480 e. The molecule has 0 aromatic carbocycles. The fraction of sp³-hybridized carbons (Fsp3) is 0.900. The highest BCUT2D eigenvalue weighted by Gasteiger charge is 2.33. The molecule has 0 radical (unpaired) electrons. The van der Waals surface area contributed by atoms with Crippen molar-refractivity contribution in [2.45, 2.75) is 43.2 Å². The second-order valence-electron chi connectivity index (χ2n) is 4.13. The monoisotopic (exact) mass is 235 g/mol. The van der Waals surface area contributed by atoms with Crippen LogP contribution in [0.2, 0.25) is 0 Å². The molecule has 0 spiro atoms. The smallest absolute Gasteiger partial charge is 0.321 e. The number of carboxylic acids is 1. The zero-order valence-electron chi connectivity index (χ0n) is 9.82. The summed E-state index contributed by atoms with van der Waals surface area (Å²) in [6.07, 6.45) is 0.900. The lowest BCUT2D eigenvalue weighted by molar-refractivity contribution is -0.139. The van der Waals surface area contributed by atoms with Crippen LogP contribution in [0.25, 0.3) is 0 Å². The van der Waals surface area contributed by atoms with Gasteiger partial charge in [0.2, 0.25) is 0 Å². The van der Waals surface area contributed by atoms with E-state index in [1.807, 2.05) is 13.8 Å². The number of carbonyl (C=O) groups is 1. The van der Waals surface area contributed by atoms with E-state index in [1.54, 1.807) is 18.9 Å². The lowest BCUT2D eigenvalue weighted by Gasteiger charge is -2.30. The first kappa shape index (κ1) is 14.7. The van der Waals surface area contributed by atoms with Crippen LogP contribution in [0.1, 0.15) is 27.2 Å². The first-order valence-electron chi connectivity index (χ1n) is 4.96. The summed E-state index contributed by atoms with van der Waals surface area (Å²) in [5.41, 5.74) is 5.62. The van der Waals surface area contributed by atoms with Gasteiger partial charge in [0.05, 0.1) is 0 Å². The quantitative estimate of drug-likeness (QED) is 0.696. The number of carboxylic acid groups (broad SMARTS) is 1. The van der Waals surface area contributed by atoms with Gasteiger partial charge in [-0.15, -0.1) is 0 Å². The molecule has 0 aliphatic heterocycles. The van der Waals surface area contributed by atoms with Crippen LogP contribution >= 0.6 is 11.8 Å². The third-order valence-corrected chi connectivity index (χ3v) is 3.75. The summed E-state index contributed by atoms with van der Waals surface area (Å²) in [7, 11) is 1.66. The highest BCUT2D eigenvalue weighted by molar-refractivity contribution is 8.01. The summed E-state index contributed by atoms with van der Waals surface area (Å²) in [5, 5.41) is 9.18. The maximum atomic E-state index is 10.8. The van der Waals surface area contributed by atoms with E-state index in [2.05, 4.69) is 6.92 Å². The minimum absolute atomic E-state index is 0.338. The van der Waals surface area contributed by atoms with E-state index in [-0.39, 0.29) is 0 Å². The van der Waals surface area contributed by atoms with Crippen molar-refractivity contribution in [2.75, 3.05) is 13.7 Å². The van der Waals surface area contributed by atoms with Crippen molar-refractivity contribution in [2.24, 2.45) is 5.73 Å². The molecule has 1 unspecified atom stereocenters. The van der Waals surface area contributed by atoms with Gasteiger partial charge in [-0.1, -0.05) is 6.92 Å². The van der Waals surface area contributed by atoms with Crippen LogP contribution in [0, 0.1) is 0 Å². The molecule has 0 aromatic heterocycles. The van der Waals surface area contributed by atoms with Gasteiger partial charge in [0, 0.05) is 23.7 Å². The van der Waals surface area contributed by atoms with E-state index in [0.29, 0.717) is 11.9 Å². The predicted molar refractivity (Wildman–Crippen MR) is 63.2 cm³/mol. The molecule has 90 valence electrons. The summed E-state index contributed by atoms with van der Waals surface area (Å²) in [4.78, 5) is 10.8. The van der Waals surface area contributed by atoms with E-state index in [1.165, 1.54) is 0 Å². The van der Waals surface area contributed by atoms with Crippen LogP contribution in [0.4, 0.5) is 0 Å². The van der Waals surface area contributed by atoms with Crippen molar-refractivity contribution < 1.29 is 14.6 Å². The van der Waals surface area contributed by atoms with Crippen molar-refractivity contribution in [3.05, 3.63) is 0 Å². The van der Waals surface area contributed by atoms with Gasteiger partial charge in [0.25, 0.3) is 0 Å². The second kappa shape index (κ2) is 6.35. The van der Waals surface area contributed by atoms with Gasteiger partial charge in [0.1, 0.15) is 6.04 Å². The number of hydrogen-bond acceptors (Lipinski definition) is 4. The molecule has 3 N–H and O–H groups in total. The maximum Gasteiger partial charge on any atom is 0.321 e. The van der Waals surface area contributed by atoms with E-state index < -0.39 is 16.8 Å². The Kier molecular flexibility index (Phi) is 6.24. The Balaban J connectivity index is 4.17. The molecule has 0 saturated carbocycles. The number of aliphatic carboxylic acids is 1. The maximum absolute atomic E-state index is 10.8. The molecule has 0 heterocycles. The summed E-state index contributed by atoms with van der Waals surface area (Å²) < 4.78 is 4.51. The van der Waals surface area contributed by atoms with Crippen LogP contribution in [0.3, 0.4) is 0 Å². The standard InChI is InChI=1S/C10H21NO3S/c1-7(5-6-14-4)15-10(2,3)8(11)9(12)13/h7-8H,5-6,11H2,1-4H3,(H,12,13)/t7?,8-/m0/s1. The average Bonchev–Trinajstić information content (AvgIpc) is 2.12. The van der Waals surface area contributed by atoms with E-state index >= 15 is 0 Å². The van der Waals surface area contributed by atoms with E-state index in [4.69, 9.17) is 15.6 Å². The minimum atomic E-state index is -0.952. The Morgan fingerprint density at radius 1 is 1.60 bits per heavy atom. The lowest BCUT2D eigenvalue weighted by atomic mass is 10.1. The van der Waals surface area contributed by atoms with Gasteiger partial charge < -0.3 is 15.6 Å². The zero-order valence-corrected chi connectivity index (χ0v) is 10.6. The third-order valence-electron chi connectivity index (χ3n) is 2.25. The summed E-state index contributed by atoms with van der Waals surface area (Å²) in [6.45, 7) is 6.46. The van der Waals surface area contributed by atoms with Gasteiger partial charge in [-0.2, -0.15) is 11.8 Å². The molecule has 0 aliphatic rings. The third kappa shape index (κ3) is 5.39. The normalized spacial score (nSPS) is 16.1. The predicted octanol–water partition coefficient (Wildman–Crippen LogP) is 1.34. The summed E-state index contributed by atoms with van der Waals surface area (Å²) in [6, 6.07) is -0.840. The number of thioether (sulfide) groups is 1. The fourth-order valence-corrected chi connectivity index (χ4v) is 2.73. The Labute approximate surface area is 95.6 Å². The van der Waals surface area contributed by atoms with Gasteiger partial charge in [-0.25, -0.2) is 0 Å². The Morgan fingerprint density at radius 3 is 2.53 bits per heavy atom. The summed E-state index contributed by atoms with van der Waals surface area (Å²) >= 11 is 1.59. The highest BCUT2D eigenvalue weighted by atomic mass is 32.2. The SMILES string of the molecule is COCCC(C)SC(C)(C)[C@@H](N)C(=O)O. The Bertz CT molecular complexity index is 209. The first-order chi connectivity index (χ1) is 6.81. The molecule has 0 amide bonds. The van der Waals surface area contributed by atoms with E-state index in [9.17, 15) is 4.79 Å². The fourth-order valence-electron chi connectivity index (χ4n) is 1.23. The van der Waals surface area contributed by atoms with Gasteiger partial charge in [0.15, 0.2) is 0 Å². The number of rotatable bonds is 7. The first-order valence-corrected chi connectivity index (χ1v) is 5.84. The highest BCUT2D eigenvalue weighted by Crippen LogP contribution is 2.32. The molecule has 0 saturated heterocycles. The van der Waals surface area contributed by atoms with Crippen LogP contribution in [0.5, 0.6) is 0 Å².